The van der Waals surface area contributed by atoms with Crippen molar-refractivity contribution in [3.8, 4) is 0 Å². The van der Waals surface area contributed by atoms with E-state index >= 15 is 0 Å². The van der Waals surface area contributed by atoms with Crippen molar-refractivity contribution in [2.24, 2.45) is 5.92 Å². The van der Waals surface area contributed by atoms with Crippen molar-refractivity contribution < 1.29 is 4.79 Å². The fourth-order valence-corrected chi connectivity index (χ4v) is 5.10. The average molecular weight is 435 g/mol. The number of benzene rings is 1. The van der Waals surface area contributed by atoms with Crippen LogP contribution in [0.5, 0.6) is 0 Å². The van der Waals surface area contributed by atoms with Gasteiger partial charge >= 0.3 is 0 Å². The summed E-state index contributed by atoms with van der Waals surface area (Å²) in [6, 6.07) is 12.5. The molecule has 2 aromatic heterocycles. The molecule has 7 heteroatoms. The van der Waals surface area contributed by atoms with E-state index < -0.39 is 0 Å². The van der Waals surface area contributed by atoms with Gasteiger partial charge in [0.1, 0.15) is 0 Å². The highest BCUT2D eigenvalue weighted by atomic mass is 16.1. The number of nitrogens with zero attached hydrogens (tertiary/aromatic N) is 5. The predicted molar refractivity (Wildman–Crippen MR) is 129 cm³/mol. The quantitative estimate of drug-likeness (QED) is 0.646. The molecule has 7 nitrogen and oxygen atoms in total. The Balaban J connectivity index is 1.15. The monoisotopic (exact) mass is 434 g/mol. The lowest BCUT2D eigenvalue weighted by molar-refractivity contribution is -0.125. The van der Waals surface area contributed by atoms with E-state index in [4.69, 9.17) is 4.98 Å². The van der Waals surface area contributed by atoms with Crippen molar-refractivity contribution in [1.29, 1.82) is 0 Å². The highest BCUT2D eigenvalue weighted by molar-refractivity contribution is 5.85. The Morgan fingerprint density at radius 1 is 0.969 bits per heavy atom. The number of likely N-dealkylation sites (N-methyl/N-ethyl adjacent to an activating group) is 1. The molecule has 3 aromatic rings. The van der Waals surface area contributed by atoms with Gasteiger partial charge in [0.15, 0.2) is 5.82 Å². The number of nitrogens with one attached hydrogen (secondary N) is 1. The Kier molecular flexibility index (Phi) is 6.28. The number of para-hydroxylation sites is 2. The zero-order chi connectivity index (χ0) is 21.9. The van der Waals surface area contributed by atoms with E-state index in [1.165, 1.54) is 0 Å². The van der Waals surface area contributed by atoms with Crippen LogP contribution in [-0.2, 0) is 4.79 Å². The zero-order valence-corrected chi connectivity index (χ0v) is 19.0. The molecule has 32 heavy (non-hydrogen) atoms. The molecule has 0 bridgehead atoms. The first-order chi connectivity index (χ1) is 15.7. The second kappa shape index (κ2) is 9.46. The van der Waals surface area contributed by atoms with E-state index in [1.807, 2.05) is 6.07 Å². The van der Waals surface area contributed by atoms with Gasteiger partial charge < -0.3 is 19.5 Å². The highest BCUT2D eigenvalue weighted by Gasteiger charge is 2.27. The van der Waals surface area contributed by atoms with Crippen LogP contribution in [0.15, 0.2) is 42.6 Å². The SMILES string of the molecule is CCN1CCN(CCNC(=O)C2CCN(c3nc4ccccc4n4cccc34)CC2)CC1. The molecule has 2 fully saturated rings. The minimum atomic E-state index is 0.103. The third-order valence-electron chi connectivity index (χ3n) is 7.15. The third kappa shape index (κ3) is 4.32. The van der Waals surface area contributed by atoms with Crippen molar-refractivity contribution in [1.82, 2.24) is 24.5 Å². The number of piperidine rings is 1. The van der Waals surface area contributed by atoms with E-state index in [0.717, 1.165) is 94.1 Å². The maximum Gasteiger partial charge on any atom is 0.223 e. The summed E-state index contributed by atoms with van der Waals surface area (Å²) in [7, 11) is 0. The summed E-state index contributed by atoms with van der Waals surface area (Å²) in [4.78, 5) is 25.0. The standard InChI is InChI=1S/C25H34N6O/c1-2-28-16-18-29(19-17-28)15-11-26-25(32)20-9-13-30(14-10-20)24-23-8-5-12-31(23)22-7-4-3-6-21(22)27-24/h3-8,12,20H,2,9-11,13-19H2,1H3,(H,26,32). The van der Waals surface area contributed by atoms with Gasteiger partial charge in [-0.3, -0.25) is 9.69 Å². The lowest BCUT2D eigenvalue weighted by Crippen LogP contribution is -2.49. The van der Waals surface area contributed by atoms with Crippen LogP contribution in [0.1, 0.15) is 19.8 Å². The first kappa shape index (κ1) is 21.2. The third-order valence-corrected chi connectivity index (χ3v) is 7.15. The molecule has 1 N–H and O–H groups in total. The first-order valence-electron chi connectivity index (χ1n) is 12.1. The summed E-state index contributed by atoms with van der Waals surface area (Å²) in [5.74, 6) is 1.35. The van der Waals surface area contributed by atoms with Gasteiger partial charge in [-0.25, -0.2) is 4.98 Å². The number of amides is 1. The summed E-state index contributed by atoms with van der Waals surface area (Å²) >= 11 is 0. The highest BCUT2D eigenvalue weighted by Crippen LogP contribution is 2.29. The van der Waals surface area contributed by atoms with Gasteiger partial charge in [0.05, 0.1) is 16.6 Å². The van der Waals surface area contributed by atoms with Gasteiger partial charge in [-0.2, -0.15) is 0 Å². The smallest absolute Gasteiger partial charge is 0.223 e. The van der Waals surface area contributed by atoms with Crippen molar-refractivity contribution in [3.05, 3.63) is 42.6 Å². The fraction of sp³-hybridized carbons (Fsp3) is 0.520. The van der Waals surface area contributed by atoms with Crippen molar-refractivity contribution in [2.75, 3.05) is 63.8 Å². The van der Waals surface area contributed by atoms with E-state index in [-0.39, 0.29) is 11.8 Å². The van der Waals surface area contributed by atoms with E-state index in [9.17, 15) is 4.79 Å². The molecule has 1 aromatic carbocycles. The van der Waals surface area contributed by atoms with Crippen LogP contribution >= 0.6 is 0 Å². The predicted octanol–water partition coefficient (Wildman–Crippen LogP) is 2.46. The van der Waals surface area contributed by atoms with Crippen LogP contribution in [0.25, 0.3) is 16.6 Å². The first-order valence-corrected chi connectivity index (χ1v) is 12.1. The molecular weight excluding hydrogens is 400 g/mol. The minimum absolute atomic E-state index is 0.103. The molecule has 0 radical (unpaired) electrons. The normalized spacial score (nSPS) is 19.1. The average Bonchev–Trinajstić information content (AvgIpc) is 3.34. The minimum Gasteiger partial charge on any atom is -0.355 e. The molecule has 0 spiro atoms. The number of rotatable bonds is 6. The fourth-order valence-electron chi connectivity index (χ4n) is 5.10. The molecule has 2 aliphatic rings. The van der Waals surface area contributed by atoms with Gasteiger partial charge in [0.2, 0.25) is 5.91 Å². The van der Waals surface area contributed by atoms with E-state index in [0.29, 0.717) is 0 Å². The van der Waals surface area contributed by atoms with Crippen LogP contribution in [0.3, 0.4) is 0 Å². The maximum absolute atomic E-state index is 12.8. The molecule has 4 heterocycles. The van der Waals surface area contributed by atoms with E-state index in [2.05, 4.69) is 67.9 Å². The number of carbonyl (C=O) groups is 1. The van der Waals surface area contributed by atoms with Crippen LogP contribution in [0.4, 0.5) is 5.82 Å². The number of carbonyl (C=O) groups excluding carboxylic acids is 1. The lowest BCUT2D eigenvalue weighted by atomic mass is 9.96. The number of piperazine rings is 1. The number of anilines is 1. The van der Waals surface area contributed by atoms with Gasteiger partial charge in [0.25, 0.3) is 0 Å². The van der Waals surface area contributed by atoms with Crippen LogP contribution in [-0.4, -0.2) is 84.0 Å². The van der Waals surface area contributed by atoms with Crippen molar-refractivity contribution >= 4 is 28.3 Å². The summed E-state index contributed by atoms with van der Waals surface area (Å²) < 4.78 is 2.22. The second-order valence-electron chi connectivity index (χ2n) is 9.02. The second-order valence-corrected chi connectivity index (χ2v) is 9.02. The largest absolute Gasteiger partial charge is 0.355 e. The Morgan fingerprint density at radius 2 is 1.69 bits per heavy atom. The molecule has 170 valence electrons. The van der Waals surface area contributed by atoms with Crippen LogP contribution in [0.2, 0.25) is 0 Å². The van der Waals surface area contributed by atoms with Gasteiger partial charge in [-0.1, -0.05) is 19.1 Å². The Morgan fingerprint density at radius 3 is 2.47 bits per heavy atom. The van der Waals surface area contributed by atoms with Crippen molar-refractivity contribution in [3.63, 3.8) is 0 Å². The lowest BCUT2D eigenvalue weighted by Gasteiger charge is -2.34. The molecule has 0 aliphatic carbocycles. The van der Waals surface area contributed by atoms with Crippen molar-refractivity contribution in [2.45, 2.75) is 19.8 Å². The molecule has 2 saturated heterocycles. The number of hydrogen-bond donors (Lipinski definition) is 1. The van der Waals surface area contributed by atoms with Gasteiger partial charge in [-0.15, -0.1) is 0 Å². The summed E-state index contributed by atoms with van der Waals surface area (Å²) in [5.41, 5.74) is 3.27. The summed E-state index contributed by atoms with van der Waals surface area (Å²) in [5, 5.41) is 3.20. The molecule has 1 amide bonds. The van der Waals surface area contributed by atoms with E-state index in [1.54, 1.807) is 0 Å². The number of hydrogen-bond acceptors (Lipinski definition) is 5. The molecule has 2 aliphatic heterocycles. The Hall–Kier alpha value is -2.64. The molecule has 5 rings (SSSR count). The Bertz CT molecular complexity index is 1060. The van der Waals surface area contributed by atoms with Crippen LogP contribution in [0, 0.1) is 5.92 Å². The molecule has 0 atom stereocenters. The van der Waals surface area contributed by atoms with Gasteiger partial charge in [-0.05, 0) is 43.7 Å². The van der Waals surface area contributed by atoms with Crippen LogP contribution < -0.4 is 10.2 Å². The topological polar surface area (TPSA) is 56.1 Å². The summed E-state index contributed by atoms with van der Waals surface area (Å²) in [6.45, 7) is 11.3. The number of aromatic nitrogens is 2. The molecule has 0 saturated carbocycles. The number of fused-ring (bicyclic) bond motifs is 3. The summed E-state index contributed by atoms with van der Waals surface area (Å²) in [6.07, 6.45) is 3.86. The molecular formula is C25H34N6O. The Labute approximate surface area is 190 Å². The maximum atomic E-state index is 12.8. The zero-order valence-electron chi connectivity index (χ0n) is 19.0. The molecule has 0 unspecified atom stereocenters. The van der Waals surface area contributed by atoms with Gasteiger partial charge in [0, 0.05) is 64.5 Å².